The van der Waals surface area contributed by atoms with Crippen LogP contribution < -0.4 is 0 Å². The number of hydrogen-bond acceptors (Lipinski definition) is 1. The highest BCUT2D eigenvalue weighted by Crippen LogP contribution is 2.19. The molecule has 0 amide bonds. The van der Waals surface area contributed by atoms with Crippen LogP contribution in [0.15, 0.2) is 12.1 Å². The lowest BCUT2D eigenvalue weighted by molar-refractivity contribution is -0.136. The van der Waals surface area contributed by atoms with E-state index in [1.54, 1.807) is 13.0 Å². The first-order valence-electron chi connectivity index (χ1n) is 4.10. The monoisotopic (exact) mass is 260 g/mol. The average molecular weight is 261 g/mol. The number of aryl methyl sites for hydroxylation is 1. The summed E-state index contributed by atoms with van der Waals surface area (Å²) in [6.45, 7) is 1.78. The van der Waals surface area contributed by atoms with Crippen molar-refractivity contribution in [1.29, 1.82) is 0 Å². The summed E-state index contributed by atoms with van der Waals surface area (Å²) in [6, 6.07) is 3.14. The van der Waals surface area contributed by atoms with Crippen molar-refractivity contribution in [3.63, 3.8) is 0 Å². The maximum absolute atomic E-state index is 13.4. The van der Waals surface area contributed by atoms with Crippen LogP contribution in [-0.2, 0) is 16.5 Å². The van der Waals surface area contributed by atoms with Crippen molar-refractivity contribution in [3.05, 3.63) is 34.6 Å². The van der Waals surface area contributed by atoms with E-state index in [0.29, 0.717) is 10.9 Å². The normalized spacial score (nSPS) is 10.2. The highest BCUT2D eigenvalue weighted by molar-refractivity contribution is 9.08. The van der Waals surface area contributed by atoms with Gasteiger partial charge in [-0.15, -0.1) is 0 Å². The maximum atomic E-state index is 13.4. The molecule has 2 nitrogen and oxygen atoms in total. The van der Waals surface area contributed by atoms with E-state index in [9.17, 15) is 9.18 Å². The number of carbonyl (C=O) groups is 1. The van der Waals surface area contributed by atoms with Crippen molar-refractivity contribution in [2.45, 2.75) is 18.7 Å². The van der Waals surface area contributed by atoms with Crippen LogP contribution in [0.5, 0.6) is 0 Å². The van der Waals surface area contributed by atoms with Gasteiger partial charge in [0, 0.05) is 10.9 Å². The summed E-state index contributed by atoms with van der Waals surface area (Å²) < 4.78 is 13.4. The largest absolute Gasteiger partial charge is 0.481 e. The van der Waals surface area contributed by atoms with Crippen molar-refractivity contribution in [2.75, 3.05) is 0 Å². The minimum atomic E-state index is -1.02. The fraction of sp³-hybridized carbons (Fsp3) is 0.300. The molecule has 14 heavy (non-hydrogen) atoms. The van der Waals surface area contributed by atoms with E-state index in [4.69, 9.17) is 5.11 Å². The van der Waals surface area contributed by atoms with Gasteiger partial charge in [-0.25, -0.2) is 4.39 Å². The summed E-state index contributed by atoms with van der Waals surface area (Å²) >= 11 is 3.21. The van der Waals surface area contributed by atoms with E-state index in [-0.39, 0.29) is 12.0 Å². The number of hydrogen-bond donors (Lipinski definition) is 1. The number of halogens is 2. The Balaban J connectivity index is 3.18. The third kappa shape index (κ3) is 2.54. The Labute approximate surface area is 89.9 Å². The summed E-state index contributed by atoms with van der Waals surface area (Å²) in [6.07, 6.45) is -0.271. The van der Waals surface area contributed by atoms with Gasteiger partial charge in [0.1, 0.15) is 5.82 Å². The van der Waals surface area contributed by atoms with Gasteiger partial charge in [0.2, 0.25) is 0 Å². The van der Waals surface area contributed by atoms with E-state index in [1.165, 1.54) is 6.07 Å². The summed E-state index contributed by atoms with van der Waals surface area (Å²) in [7, 11) is 0. The molecule has 0 unspecified atom stereocenters. The summed E-state index contributed by atoms with van der Waals surface area (Å²) in [5.41, 5.74) is 1.76. The second-order valence-corrected chi connectivity index (χ2v) is 3.65. The van der Waals surface area contributed by atoms with E-state index in [2.05, 4.69) is 15.9 Å². The average Bonchev–Trinajstić information content (AvgIpc) is 2.08. The van der Waals surface area contributed by atoms with Crippen molar-refractivity contribution in [2.24, 2.45) is 0 Å². The Morgan fingerprint density at radius 2 is 2.21 bits per heavy atom. The molecule has 1 rings (SSSR count). The van der Waals surface area contributed by atoms with Crippen LogP contribution in [0.1, 0.15) is 16.7 Å². The summed E-state index contributed by atoms with van der Waals surface area (Å²) in [5.74, 6) is -1.46. The minimum Gasteiger partial charge on any atom is -0.481 e. The molecule has 0 bridgehead atoms. The molecule has 0 aliphatic heterocycles. The van der Waals surface area contributed by atoms with E-state index in [0.717, 1.165) is 5.56 Å². The van der Waals surface area contributed by atoms with Gasteiger partial charge in [-0.05, 0) is 24.1 Å². The molecule has 0 spiro atoms. The van der Waals surface area contributed by atoms with Gasteiger partial charge in [0.05, 0.1) is 6.42 Å². The van der Waals surface area contributed by atoms with Crippen LogP contribution >= 0.6 is 15.9 Å². The third-order valence-electron chi connectivity index (χ3n) is 1.90. The predicted molar refractivity (Wildman–Crippen MR) is 55.1 cm³/mol. The van der Waals surface area contributed by atoms with Crippen LogP contribution in [0.3, 0.4) is 0 Å². The molecule has 0 saturated carbocycles. The second kappa shape index (κ2) is 4.55. The van der Waals surface area contributed by atoms with Crippen LogP contribution in [0, 0.1) is 12.7 Å². The van der Waals surface area contributed by atoms with Crippen LogP contribution in [-0.4, -0.2) is 11.1 Å². The SMILES string of the molecule is Cc1cc(F)c(CC(=O)O)c(CBr)c1. The van der Waals surface area contributed by atoms with Crippen molar-refractivity contribution in [3.8, 4) is 0 Å². The fourth-order valence-corrected chi connectivity index (χ4v) is 1.81. The van der Waals surface area contributed by atoms with Crippen LogP contribution in [0.25, 0.3) is 0 Å². The molecule has 1 aromatic rings. The van der Waals surface area contributed by atoms with Gasteiger partial charge < -0.3 is 5.11 Å². The molecular formula is C10H10BrFO2. The molecular weight excluding hydrogens is 251 g/mol. The number of aliphatic carboxylic acids is 1. The van der Waals surface area contributed by atoms with Gasteiger partial charge in [0.15, 0.2) is 0 Å². The quantitative estimate of drug-likeness (QED) is 0.849. The standard InChI is InChI=1S/C10H10BrFO2/c1-6-2-7(5-11)8(4-10(13)14)9(12)3-6/h2-3H,4-5H2,1H3,(H,13,14). The minimum absolute atomic E-state index is 0.264. The Hall–Kier alpha value is -0.900. The molecule has 0 aliphatic carbocycles. The molecule has 0 saturated heterocycles. The van der Waals surface area contributed by atoms with Gasteiger partial charge in [-0.1, -0.05) is 22.0 Å². The van der Waals surface area contributed by atoms with Crippen LogP contribution in [0.2, 0.25) is 0 Å². The topological polar surface area (TPSA) is 37.3 Å². The number of carboxylic acids is 1. The number of carboxylic acid groups (broad SMARTS) is 1. The van der Waals surface area contributed by atoms with Gasteiger partial charge >= 0.3 is 5.97 Å². The molecule has 0 atom stereocenters. The molecule has 0 aliphatic rings. The zero-order valence-corrected chi connectivity index (χ0v) is 9.27. The smallest absolute Gasteiger partial charge is 0.307 e. The Morgan fingerprint density at radius 3 is 2.71 bits per heavy atom. The number of alkyl halides is 1. The molecule has 0 heterocycles. The van der Waals surface area contributed by atoms with Crippen molar-refractivity contribution in [1.82, 2.24) is 0 Å². The fourth-order valence-electron chi connectivity index (χ4n) is 1.31. The molecule has 76 valence electrons. The number of rotatable bonds is 3. The Kier molecular flexibility index (Phi) is 3.63. The lowest BCUT2D eigenvalue weighted by Gasteiger charge is -2.07. The summed E-state index contributed by atoms with van der Waals surface area (Å²) in [4.78, 5) is 10.5. The second-order valence-electron chi connectivity index (χ2n) is 3.09. The van der Waals surface area contributed by atoms with Crippen molar-refractivity contribution >= 4 is 21.9 Å². The molecule has 0 aromatic heterocycles. The van der Waals surface area contributed by atoms with E-state index < -0.39 is 11.8 Å². The zero-order valence-electron chi connectivity index (χ0n) is 7.68. The van der Waals surface area contributed by atoms with Gasteiger partial charge in [-0.3, -0.25) is 4.79 Å². The first-order valence-corrected chi connectivity index (χ1v) is 5.22. The molecule has 0 fully saturated rings. The predicted octanol–water partition coefficient (Wildman–Crippen LogP) is 2.66. The van der Waals surface area contributed by atoms with E-state index >= 15 is 0 Å². The van der Waals surface area contributed by atoms with Gasteiger partial charge in [-0.2, -0.15) is 0 Å². The first kappa shape index (κ1) is 11.2. The Morgan fingerprint density at radius 1 is 1.57 bits per heavy atom. The molecule has 1 N–H and O–H groups in total. The highest BCUT2D eigenvalue weighted by Gasteiger charge is 2.12. The first-order chi connectivity index (χ1) is 6.54. The van der Waals surface area contributed by atoms with E-state index in [1.807, 2.05) is 0 Å². The molecule has 4 heteroatoms. The van der Waals surface area contributed by atoms with Crippen LogP contribution in [0.4, 0.5) is 4.39 Å². The van der Waals surface area contributed by atoms with Crippen molar-refractivity contribution < 1.29 is 14.3 Å². The Bertz CT molecular complexity index is 363. The maximum Gasteiger partial charge on any atom is 0.307 e. The highest BCUT2D eigenvalue weighted by atomic mass is 79.9. The third-order valence-corrected chi connectivity index (χ3v) is 2.51. The lowest BCUT2D eigenvalue weighted by atomic mass is 10.0. The number of benzene rings is 1. The molecule has 0 radical (unpaired) electrons. The zero-order chi connectivity index (χ0) is 10.7. The molecule has 1 aromatic carbocycles. The lowest BCUT2D eigenvalue weighted by Crippen LogP contribution is -2.06. The summed E-state index contributed by atoms with van der Waals surface area (Å²) in [5, 5.41) is 9.07. The van der Waals surface area contributed by atoms with Gasteiger partial charge in [0.25, 0.3) is 0 Å².